The summed E-state index contributed by atoms with van der Waals surface area (Å²) >= 11 is 25.8. The number of aliphatic imine (C=N–C) groups is 1. The summed E-state index contributed by atoms with van der Waals surface area (Å²) in [5, 5.41) is 13.6. The van der Waals surface area contributed by atoms with Gasteiger partial charge in [0.25, 0.3) is 11.8 Å². The molecular formula is C47H56Cl4N6O3. The molecule has 320 valence electrons. The van der Waals surface area contributed by atoms with Gasteiger partial charge in [0.2, 0.25) is 6.04 Å². The zero-order valence-corrected chi connectivity index (χ0v) is 37.8. The molecule has 9 nitrogen and oxygen atoms in total. The van der Waals surface area contributed by atoms with E-state index < -0.39 is 18.1 Å². The van der Waals surface area contributed by atoms with E-state index in [2.05, 4.69) is 39.0 Å². The Morgan fingerprint density at radius 2 is 1.42 bits per heavy atom. The third kappa shape index (κ3) is 14.2. The largest absolute Gasteiger partial charge is 0.481 e. The van der Waals surface area contributed by atoms with Crippen molar-refractivity contribution in [1.82, 2.24) is 5.43 Å². The first kappa shape index (κ1) is 46.9. The average molecular weight is 895 g/mol. The minimum atomic E-state index is -1.18. The van der Waals surface area contributed by atoms with E-state index >= 15 is 0 Å². The predicted molar refractivity (Wildman–Crippen MR) is 249 cm³/mol. The van der Waals surface area contributed by atoms with E-state index in [0.29, 0.717) is 34.3 Å². The second-order valence-corrected chi connectivity index (χ2v) is 16.9. The van der Waals surface area contributed by atoms with Gasteiger partial charge in [-0.05, 0) is 86.3 Å². The molecule has 60 heavy (non-hydrogen) atoms. The summed E-state index contributed by atoms with van der Waals surface area (Å²) in [6.07, 6.45) is 18.0. The molecule has 2 N–H and O–H groups in total. The van der Waals surface area contributed by atoms with Crippen LogP contribution in [0.4, 0.5) is 22.7 Å². The van der Waals surface area contributed by atoms with Gasteiger partial charge in [-0.1, -0.05) is 167 Å². The van der Waals surface area contributed by atoms with E-state index in [-0.39, 0.29) is 32.5 Å². The van der Waals surface area contributed by atoms with Crippen LogP contribution in [-0.2, 0) is 16.0 Å². The van der Waals surface area contributed by atoms with Crippen LogP contribution in [0.1, 0.15) is 115 Å². The number of nitrogens with one attached hydrogen (secondary N) is 2. The van der Waals surface area contributed by atoms with Gasteiger partial charge < -0.3 is 10.1 Å². The Bertz CT molecular complexity index is 2070. The number of hydrogen-bond acceptors (Lipinski definition) is 6. The number of anilines is 2. The maximum atomic E-state index is 13.8. The topological polar surface area (TPSA) is 108 Å². The summed E-state index contributed by atoms with van der Waals surface area (Å²) in [7, 11) is 0. The van der Waals surface area contributed by atoms with Gasteiger partial charge in [-0.2, -0.15) is 10.2 Å². The lowest BCUT2D eigenvalue weighted by Crippen LogP contribution is -2.36. The molecular weight excluding hydrogens is 838 g/mol. The monoisotopic (exact) mass is 892 g/mol. The second kappa shape index (κ2) is 24.3. The Morgan fingerprint density at radius 1 is 0.783 bits per heavy atom. The SMILES string of the molecule is CCCCCCCCCCCCCCCc1cccc(OC(CC)C(=O)Nc2ccc(N=C3NN(c4c(Cl)cc(Cl)cc4Cl)C(=O)C3N=Nc3ccc(C)cc3)c(Cl)c2)c1. The smallest absolute Gasteiger partial charge is 0.280 e. The molecule has 1 fully saturated rings. The van der Waals surface area contributed by atoms with Crippen LogP contribution in [0, 0.1) is 6.92 Å². The summed E-state index contributed by atoms with van der Waals surface area (Å²) in [5.74, 6) is -0.0308. The van der Waals surface area contributed by atoms with Crippen LogP contribution in [0.15, 0.2) is 94.1 Å². The number of amidine groups is 1. The fraction of sp³-hybridized carbons (Fsp3) is 0.426. The Kier molecular flexibility index (Phi) is 19.0. The number of carbonyl (C=O) groups excluding carboxylic acids is 2. The maximum Gasteiger partial charge on any atom is 0.280 e. The highest BCUT2D eigenvalue weighted by molar-refractivity contribution is 6.43. The summed E-state index contributed by atoms with van der Waals surface area (Å²) in [6.45, 7) is 6.14. The number of azo groups is 1. The van der Waals surface area contributed by atoms with Gasteiger partial charge >= 0.3 is 0 Å². The van der Waals surface area contributed by atoms with Crippen molar-refractivity contribution >= 4 is 86.8 Å². The number of ether oxygens (including phenoxy) is 1. The lowest BCUT2D eigenvalue weighted by molar-refractivity contribution is -0.122. The predicted octanol–water partition coefficient (Wildman–Crippen LogP) is 14.8. The number of unbranched alkanes of at least 4 members (excludes halogenated alkanes) is 12. The van der Waals surface area contributed by atoms with Crippen molar-refractivity contribution in [2.45, 2.75) is 129 Å². The first-order chi connectivity index (χ1) is 29.1. The van der Waals surface area contributed by atoms with Gasteiger partial charge in [-0.3, -0.25) is 15.0 Å². The minimum absolute atomic E-state index is 0.132. The first-order valence-electron chi connectivity index (χ1n) is 21.2. The summed E-state index contributed by atoms with van der Waals surface area (Å²) in [5.41, 5.74) is 6.76. The molecule has 13 heteroatoms. The number of halogens is 4. The van der Waals surface area contributed by atoms with E-state index in [0.717, 1.165) is 18.4 Å². The molecule has 1 heterocycles. The molecule has 2 atom stereocenters. The Hall–Kier alpha value is -4.15. The lowest BCUT2D eigenvalue weighted by atomic mass is 10.0. The number of hydrogen-bond donors (Lipinski definition) is 2. The van der Waals surface area contributed by atoms with Gasteiger partial charge in [0.1, 0.15) is 11.4 Å². The minimum Gasteiger partial charge on any atom is -0.481 e. The van der Waals surface area contributed by atoms with Gasteiger partial charge in [-0.15, -0.1) is 0 Å². The fourth-order valence-corrected chi connectivity index (χ4v) is 8.15. The number of aryl methyl sites for hydroxylation is 2. The third-order valence-corrected chi connectivity index (χ3v) is 11.4. The van der Waals surface area contributed by atoms with Crippen molar-refractivity contribution in [3.8, 4) is 5.75 Å². The van der Waals surface area contributed by atoms with E-state index in [1.807, 2.05) is 44.2 Å². The number of amides is 2. The van der Waals surface area contributed by atoms with Crippen molar-refractivity contribution < 1.29 is 14.3 Å². The highest BCUT2D eigenvalue weighted by Crippen LogP contribution is 2.38. The normalized spacial score (nSPS) is 15.2. The zero-order valence-electron chi connectivity index (χ0n) is 34.8. The van der Waals surface area contributed by atoms with Crippen molar-refractivity contribution in [3.05, 3.63) is 110 Å². The molecule has 1 saturated heterocycles. The van der Waals surface area contributed by atoms with E-state index in [1.165, 1.54) is 99.8 Å². The molecule has 2 unspecified atom stereocenters. The second-order valence-electron chi connectivity index (χ2n) is 15.3. The van der Waals surface area contributed by atoms with Crippen LogP contribution in [0.3, 0.4) is 0 Å². The van der Waals surface area contributed by atoms with Crippen LogP contribution < -0.4 is 20.5 Å². The first-order valence-corrected chi connectivity index (χ1v) is 22.7. The summed E-state index contributed by atoms with van der Waals surface area (Å²) in [6, 6.07) is 22.1. The van der Waals surface area contributed by atoms with Gasteiger partial charge in [0.05, 0.1) is 26.4 Å². The standard InChI is InChI=1S/C47H56Cl4N6O3/c1-4-6-7-8-9-10-11-12-13-14-15-16-17-19-33-20-18-21-37(28-33)60-42(5-2)46(58)52-36-26-27-41(38(49)31-36)53-45-43(55-54-35-24-22-32(3)23-25-35)47(59)57(56-45)44-39(50)29-34(48)30-40(44)51/h18,20-31,42-43H,4-17,19H2,1-3H3,(H,52,58)(H,53,56). The molecule has 0 saturated carbocycles. The van der Waals surface area contributed by atoms with Crippen LogP contribution in [0.25, 0.3) is 0 Å². The third-order valence-electron chi connectivity index (χ3n) is 10.3. The van der Waals surface area contributed by atoms with Crippen LogP contribution in [-0.4, -0.2) is 29.8 Å². The van der Waals surface area contributed by atoms with Gasteiger partial charge in [0.15, 0.2) is 11.9 Å². The fourth-order valence-electron chi connectivity index (χ4n) is 6.95. The summed E-state index contributed by atoms with van der Waals surface area (Å²) < 4.78 is 6.20. The molecule has 0 aromatic heterocycles. The summed E-state index contributed by atoms with van der Waals surface area (Å²) in [4.78, 5) is 31.9. The van der Waals surface area contributed by atoms with Crippen molar-refractivity contribution in [2.24, 2.45) is 15.2 Å². The number of benzene rings is 4. The molecule has 1 aliphatic heterocycles. The molecule has 0 radical (unpaired) electrons. The number of hydrazine groups is 1. The van der Waals surface area contributed by atoms with E-state index in [1.54, 1.807) is 30.3 Å². The Balaban J connectivity index is 1.17. The molecule has 2 amide bonds. The number of rotatable bonds is 23. The quantitative estimate of drug-likeness (QED) is 0.0571. The molecule has 0 spiro atoms. The van der Waals surface area contributed by atoms with Crippen molar-refractivity contribution in [1.29, 1.82) is 0 Å². The van der Waals surface area contributed by atoms with Gasteiger partial charge in [-0.25, -0.2) is 10.0 Å². The van der Waals surface area contributed by atoms with Crippen LogP contribution in [0.2, 0.25) is 20.1 Å². The molecule has 4 aromatic carbocycles. The Labute approximate surface area is 375 Å². The molecule has 5 rings (SSSR count). The maximum absolute atomic E-state index is 13.8. The lowest BCUT2D eigenvalue weighted by Gasteiger charge is -2.19. The van der Waals surface area contributed by atoms with Gasteiger partial charge in [0, 0.05) is 10.7 Å². The molecule has 0 bridgehead atoms. The number of nitrogens with zero attached hydrogens (tertiary/aromatic N) is 4. The highest BCUT2D eigenvalue weighted by Gasteiger charge is 2.41. The Morgan fingerprint density at radius 3 is 2.03 bits per heavy atom. The zero-order chi connectivity index (χ0) is 42.9. The van der Waals surface area contributed by atoms with E-state index in [4.69, 9.17) is 51.1 Å². The molecule has 1 aliphatic rings. The molecule has 4 aromatic rings. The highest BCUT2D eigenvalue weighted by atomic mass is 35.5. The van der Waals surface area contributed by atoms with Crippen molar-refractivity contribution in [3.63, 3.8) is 0 Å². The molecule has 0 aliphatic carbocycles. The number of carbonyl (C=O) groups is 2. The average Bonchev–Trinajstić information content (AvgIpc) is 3.52. The van der Waals surface area contributed by atoms with Crippen LogP contribution >= 0.6 is 46.4 Å². The van der Waals surface area contributed by atoms with Crippen LogP contribution in [0.5, 0.6) is 5.75 Å². The van der Waals surface area contributed by atoms with Crippen molar-refractivity contribution in [2.75, 3.05) is 10.3 Å². The van der Waals surface area contributed by atoms with E-state index in [9.17, 15) is 9.59 Å².